The van der Waals surface area contributed by atoms with Gasteiger partial charge in [-0.15, -0.1) is 0 Å². The molecule has 0 aliphatic rings. The van der Waals surface area contributed by atoms with Crippen molar-refractivity contribution in [3.05, 3.63) is 100 Å². The molecule has 0 bridgehead atoms. The number of rotatable bonds is 10. The molecule has 162 valence electrons. The van der Waals surface area contributed by atoms with E-state index in [4.69, 9.17) is 11.6 Å². The molecule has 31 heavy (non-hydrogen) atoms. The first kappa shape index (κ1) is 22.9. The Hall–Kier alpha value is -2.82. The van der Waals surface area contributed by atoms with Crippen molar-refractivity contribution in [2.45, 2.75) is 32.9 Å². The van der Waals surface area contributed by atoms with Gasteiger partial charge in [0, 0.05) is 12.1 Å². The lowest BCUT2D eigenvalue weighted by Gasteiger charge is -2.15. The van der Waals surface area contributed by atoms with E-state index in [-0.39, 0.29) is 11.9 Å². The molecule has 0 radical (unpaired) electrons. The number of benzene rings is 3. The summed E-state index contributed by atoms with van der Waals surface area (Å²) in [5.41, 5.74) is 4.99. The van der Waals surface area contributed by atoms with Gasteiger partial charge in [-0.1, -0.05) is 67.1 Å². The number of anilines is 1. The molecule has 1 atom stereocenters. The van der Waals surface area contributed by atoms with Gasteiger partial charge in [-0.2, -0.15) is 0 Å². The molecule has 5 heteroatoms. The van der Waals surface area contributed by atoms with E-state index in [2.05, 4.69) is 35.0 Å². The first-order valence-corrected chi connectivity index (χ1v) is 11.1. The Morgan fingerprint density at radius 3 is 2.39 bits per heavy atom. The number of hydrogen-bond acceptors (Lipinski definition) is 3. The molecule has 0 fully saturated rings. The van der Waals surface area contributed by atoms with E-state index >= 15 is 0 Å². The Morgan fingerprint density at radius 1 is 0.968 bits per heavy atom. The largest absolute Gasteiger partial charge is 0.380 e. The minimum Gasteiger partial charge on any atom is -0.380 e. The average Bonchev–Trinajstić information content (AvgIpc) is 2.80. The maximum atomic E-state index is 12.6. The molecule has 0 aromatic heterocycles. The van der Waals surface area contributed by atoms with E-state index in [1.54, 1.807) is 0 Å². The monoisotopic (exact) mass is 435 g/mol. The highest BCUT2D eigenvalue weighted by molar-refractivity contribution is 6.33. The summed E-state index contributed by atoms with van der Waals surface area (Å²) in [5.74, 6) is -0.0766. The molecular weight excluding hydrogens is 406 g/mol. The maximum Gasteiger partial charge on any atom is 0.251 e. The van der Waals surface area contributed by atoms with Gasteiger partial charge < -0.3 is 16.0 Å². The molecule has 1 amide bonds. The highest BCUT2D eigenvalue weighted by atomic mass is 35.5. The van der Waals surface area contributed by atoms with Crippen molar-refractivity contribution in [3.8, 4) is 0 Å². The highest BCUT2D eigenvalue weighted by Crippen LogP contribution is 2.24. The number of halogens is 1. The van der Waals surface area contributed by atoms with Crippen LogP contribution >= 0.6 is 11.6 Å². The van der Waals surface area contributed by atoms with Gasteiger partial charge in [-0.25, -0.2) is 0 Å². The van der Waals surface area contributed by atoms with Crippen LogP contribution in [0.15, 0.2) is 72.8 Å². The number of hydrogen-bond donors (Lipinski definition) is 3. The first-order chi connectivity index (χ1) is 15.1. The number of nitrogens with one attached hydrogen (secondary N) is 3. The Labute approximate surface area is 190 Å². The predicted octanol–water partition coefficient (Wildman–Crippen LogP) is 5.60. The molecule has 0 spiro atoms. The van der Waals surface area contributed by atoms with Crippen molar-refractivity contribution in [3.63, 3.8) is 0 Å². The smallest absolute Gasteiger partial charge is 0.251 e. The SMILES string of the molecule is CCNCCc1ccc(Cl)c(NCc2ccc(C(=O)NC(C)c3ccccc3)cc2)c1. The van der Waals surface area contributed by atoms with Crippen molar-refractivity contribution in [1.29, 1.82) is 0 Å². The lowest BCUT2D eigenvalue weighted by Crippen LogP contribution is -2.26. The summed E-state index contributed by atoms with van der Waals surface area (Å²) in [5, 5.41) is 10.5. The molecule has 1 unspecified atom stereocenters. The first-order valence-electron chi connectivity index (χ1n) is 10.7. The van der Waals surface area contributed by atoms with Crippen LogP contribution in [0.4, 0.5) is 5.69 Å². The highest BCUT2D eigenvalue weighted by Gasteiger charge is 2.11. The summed E-state index contributed by atoms with van der Waals surface area (Å²) < 4.78 is 0. The number of carbonyl (C=O) groups is 1. The Bertz CT molecular complexity index is 974. The van der Waals surface area contributed by atoms with Gasteiger partial charge in [-0.05, 0) is 67.4 Å². The molecule has 3 rings (SSSR count). The van der Waals surface area contributed by atoms with E-state index < -0.39 is 0 Å². The molecule has 0 aliphatic heterocycles. The summed E-state index contributed by atoms with van der Waals surface area (Å²) in [6.07, 6.45) is 0.963. The van der Waals surface area contributed by atoms with Crippen LogP contribution in [0, 0.1) is 0 Å². The zero-order chi connectivity index (χ0) is 22.1. The molecule has 3 N–H and O–H groups in total. The predicted molar refractivity (Wildman–Crippen MR) is 130 cm³/mol. The summed E-state index contributed by atoms with van der Waals surface area (Å²) in [6.45, 7) is 6.65. The molecular formula is C26H30ClN3O. The van der Waals surface area contributed by atoms with Crippen LogP contribution in [-0.4, -0.2) is 19.0 Å². The third-order valence-electron chi connectivity index (χ3n) is 5.22. The third-order valence-corrected chi connectivity index (χ3v) is 5.55. The van der Waals surface area contributed by atoms with Crippen molar-refractivity contribution < 1.29 is 4.79 Å². The van der Waals surface area contributed by atoms with E-state index in [1.165, 1.54) is 5.56 Å². The van der Waals surface area contributed by atoms with E-state index in [0.29, 0.717) is 17.1 Å². The number of carbonyl (C=O) groups excluding carboxylic acids is 1. The number of likely N-dealkylation sites (N-methyl/N-ethyl adjacent to an activating group) is 1. The standard InChI is InChI=1S/C26H30ClN3O/c1-3-28-16-15-20-11-14-24(27)25(17-20)29-18-21-9-12-23(13-10-21)26(31)30-19(2)22-7-5-4-6-8-22/h4-14,17,19,28-29H,3,15-16,18H2,1-2H3,(H,30,31). The molecule has 0 saturated carbocycles. The normalized spacial score (nSPS) is 11.7. The van der Waals surface area contributed by atoms with Crippen molar-refractivity contribution in [2.24, 2.45) is 0 Å². The summed E-state index contributed by atoms with van der Waals surface area (Å²) in [6, 6.07) is 23.7. The molecule has 0 aliphatic carbocycles. The quantitative estimate of drug-likeness (QED) is 0.363. The second-order valence-electron chi connectivity index (χ2n) is 7.57. The van der Waals surface area contributed by atoms with Crippen LogP contribution in [0.1, 0.15) is 46.9 Å². The van der Waals surface area contributed by atoms with Crippen LogP contribution in [0.25, 0.3) is 0 Å². The van der Waals surface area contributed by atoms with Crippen LogP contribution in [0.3, 0.4) is 0 Å². The van der Waals surface area contributed by atoms with Crippen LogP contribution < -0.4 is 16.0 Å². The van der Waals surface area contributed by atoms with Crippen LogP contribution in [0.2, 0.25) is 5.02 Å². The number of amides is 1. The summed E-state index contributed by atoms with van der Waals surface area (Å²) >= 11 is 6.36. The fourth-order valence-corrected chi connectivity index (χ4v) is 3.53. The van der Waals surface area contributed by atoms with Gasteiger partial charge in [-0.3, -0.25) is 4.79 Å². The second-order valence-corrected chi connectivity index (χ2v) is 7.98. The van der Waals surface area contributed by atoms with Gasteiger partial charge >= 0.3 is 0 Å². The fourth-order valence-electron chi connectivity index (χ4n) is 3.35. The van der Waals surface area contributed by atoms with Crippen molar-refractivity contribution in [2.75, 3.05) is 18.4 Å². The molecule has 4 nitrogen and oxygen atoms in total. The second kappa shape index (κ2) is 11.5. The van der Waals surface area contributed by atoms with Gasteiger partial charge in [0.25, 0.3) is 5.91 Å². The van der Waals surface area contributed by atoms with Gasteiger partial charge in [0.05, 0.1) is 16.8 Å². The summed E-state index contributed by atoms with van der Waals surface area (Å²) in [4.78, 5) is 12.6. The van der Waals surface area contributed by atoms with E-state index in [9.17, 15) is 4.79 Å². The fraction of sp³-hybridized carbons (Fsp3) is 0.269. The molecule has 3 aromatic rings. The van der Waals surface area contributed by atoms with E-state index in [0.717, 1.165) is 36.3 Å². The minimum absolute atomic E-state index is 0.0445. The third kappa shape index (κ3) is 6.84. The van der Waals surface area contributed by atoms with Crippen molar-refractivity contribution >= 4 is 23.2 Å². The lowest BCUT2D eigenvalue weighted by atomic mass is 10.1. The van der Waals surface area contributed by atoms with Gasteiger partial charge in [0.2, 0.25) is 0 Å². The molecule has 3 aromatic carbocycles. The Balaban J connectivity index is 1.56. The molecule has 0 heterocycles. The van der Waals surface area contributed by atoms with Crippen LogP contribution in [0.5, 0.6) is 0 Å². The van der Waals surface area contributed by atoms with Crippen LogP contribution in [-0.2, 0) is 13.0 Å². The van der Waals surface area contributed by atoms with Gasteiger partial charge in [0.1, 0.15) is 0 Å². The Morgan fingerprint density at radius 2 is 1.68 bits per heavy atom. The van der Waals surface area contributed by atoms with Crippen molar-refractivity contribution in [1.82, 2.24) is 10.6 Å². The zero-order valence-corrected chi connectivity index (χ0v) is 18.9. The zero-order valence-electron chi connectivity index (χ0n) is 18.1. The topological polar surface area (TPSA) is 53.2 Å². The Kier molecular flexibility index (Phi) is 8.51. The lowest BCUT2D eigenvalue weighted by molar-refractivity contribution is 0.0940. The van der Waals surface area contributed by atoms with Gasteiger partial charge in [0.15, 0.2) is 0 Å². The van der Waals surface area contributed by atoms with E-state index in [1.807, 2.05) is 67.6 Å². The average molecular weight is 436 g/mol. The minimum atomic E-state index is -0.0766. The molecule has 0 saturated heterocycles. The summed E-state index contributed by atoms with van der Waals surface area (Å²) in [7, 11) is 0. The maximum absolute atomic E-state index is 12.6.